The molecule has 7 nitrogen and oxygen atoms in total. The van der Waals surface area contributed by atoms with Crippen molar-refractivity contribution in [3.8, 4) is 28.8 Å². The maximum Gasteiger partial charge on any atom is 0.271 e. The number of para-hydroxylation sites is 1. The Hall–Kier alpha value is -5.22. The number of hydrogen-bond acceptors (Lipinski definition) is 5. The first-order valence-electron chi connectivity index (χ1n) is 12.5. The Kier molecular flexibility index (Phi) is 6.94. The highest BCUT2D eigenvalue weighted by Crippen LogP contribution is 2.36. The van der Waals surface area contributed by atoms with Gasteiger partial charge in [0.05, 0.1) is 23.1 Å². The summed E-state index contributed by atoms with van der Waals surface area (Å²) in [6, 6.07) is 28.3. The Morgan fingerprint density at radius 3 is 2.13 bits per heavy atom. The second kappa shape index (κ2) is 10.6. The van der Waals surface area contributed by atoms with Gasteiger partial charge in [0.2, 0.25) is 0 Å². The molecule has 4 aromatic rings. The van der Waals surface area contributed by atoms with E-state index in [2.05, 4.69) is 0 Å². The number of carbonyl (C=O) groups is 2. The van der Waals surface area contributed by atoms with E-state index in [4.69, 9.17) is 9.84 Å². The molecule has 0 unspecified atom stereocenters. The van der Waals surface area contributed by atoms with E-state index in [9.17, 15) is 14.9 Å². The maximum atomic E-state index is 13.5. The lowest BCUT2D eigenvalue weighted by atomic mass is 9.87. The number of hydrogen-bond donors (Lipinski definition) is 0. The van der Waals surface area contributed by atoms with Gasteiger partial charge in [-0.15, -0.1) is 0 Å². The molecule has 0 saturated carbocycles. The van der Waals surface area contributed by atoms with Crippen LogP contribution >= 0.6 is 0 Å². The van der Waals surface area contributed by atoms with Crippen LogP contribution in [0.5, 0.6) is 5.75 Å². The molecule has 192 valence electrons. The minimum atomic E-state index is -0.626. The molecule has 7 heteroatoms. The maximum absolute atomic E-state index is 13.5. The van der Waals surface area contributed by atoms with Gasteiger partial charge in [-0.25, -0.2) is 4.68 Å². The van der Waals surface area contributed by atoms with Gasteiger partial charge >= 0.3 is 0 Å². The van der Waals surface area contributed by atoms with E-state index in [1.807, 2.05) is 98.9 Å². The van der Waals surface area contributed by atoms with Crippen molar-refractivity contribution >= 4 is 23.5 Å². The zero-order chi connectivity index (χ0) is 27.5. The summed E-state index contributed by atoms with van der Waals surface area (Å²) in [5.41, 5.74) is 4.06. The Morgan fingerprint density at radius 2 is 1.51 bits per heavy atom. The number of ether oxygens (including phenoxy) is 1. The number of nitrogens with zero attached hydrogens (tertiary/aromatic N) is 4. The van der Waals surface area contributed by atoms with Crippen molar-refractivity contribution < 1.29 is 14.3 Å². The number of imide groups is 1. The summed E-state index contributed by atoms with van der Waals surface area (Å²) in [6.45, 7) is 3.94. The second-order valence-electron chi connectivity index (χ2n) is 9.36. The number of rotatable bonds is 6. The molecular weight excluding hydrogens is 488 g/mol. The first kappa shape index (κ1) is 25.4. The fourth-order valence-electron chi connectivity index (χ4n) is 4.48. The predicted molar refractivity (Wildman–Crippen MR) is 149 cm³/mol. The van der Waals surface area contributed by atoms with Crippen molar-refractivity contribution in [2.75, 3.05) is 7.05 Å². The van der Waals surface area contributed by atoms with Crippen LogP contribution in [0.25, 0.3) is 28.6 Å². The average Bonchev–Trinajstić information content (AvgIpc) is 3.38. The molecule has 1 aliphatic heterocycles. The fourth-order valence-corrected chi connectivity index (χ4v) is 4.48. The van der Waals surface area contributed by atoms with Gasteiger partial charge in [0.15, 0.2) is 0 Å². The molecule has 0 radical (unpaired) electrons. The Balaban J connectivity index is 1.72. The third-order valence-electron chi connectivity index (χ3n) is 6.31. The van der Waals surface area contributed by atoms with Crippen LogP contribution in [0.3, 0.4) is 0 Å². The van der Waals surface area contributed by atoms with Gasteiger partial charge in [-0.3, -0.25) is 14.5 Å². The topological polar surface area (TPSA) is 88.2 Å². The summed E-state index contributed by atoms with van der Waals surface area (Å²) < 4.78 is 7.55. The van der Waals surface area contributed by atoms with Crippen LogP contribution in [-0.4, -0.2) is 39.6 Å². The van der Waals surface area contributed by atoms with Gasteiger partial charge < -0.3 is 4.74 Å². The van der Waals surface area contributed by atoms with E-state index in [1.165, 1.54) is 7.05 Å². The Morgan fingerprint density at radius 1 is 0.872 bits per heavy atom. The number of benzene rings is 3. The largest absolute Gasteiger partial charge is 0.491 e. The monoisotopic (exact) mass is 514 g/mol. The van der Waals surface area contributed by atoms with E-state index in [0.717, 1.165) is 21.9 Å². The molecule has 0 N–H and O–H groups in total. The van der Waals surface area contributed by atoms with Crippen LogP contribution in [0.15, 0.2) is 102 Å². The molecule has 2 heterocycles. The zero-order valence-corrected chi connectivity index (χ0v) is 21.8. The van der Waals surface area contributed by atoms with Crippen molar-refractivity contribution in [2.45, 2.75) is 20.0 Å². The minimum absolute atomic E-state index is 0.0444. The molecule has 1 aromatic heterocycles. The lowest BCUT2D eigenvalue weighted by Crippen LogP contribution is -2.39. The van der Waals surface area contributed by atoms with Gasteiger partial charge in [0.25, 0.3) is 11.8 Å². The average molecular weight is 515 g/mol. The molecule has 0 aliphatic carbocycles. The number of carbonyl (C=O) groups excluding carboxylic acids is 2. The molecule has 0 fully saturated rings. The third kappa shape index (κ3) is 5.00. The fraction of sp³-hybridized carbons (Fsp3) is 0.125. The van der Waals surface area contributed by atoms with Crippen LogP contribution in [0.2, 0.25) is 0 Å². The standard InChI is InChI=1S/C32H26N4O3/c1-21(2)39-26-16-14-23(15-17-26)30-24(20-36(34-30)25-12-8-5-9-13-25)18-27-29(22-10-6-4-7-11-22)28(19-33)32(38)35(3)31(27)37/h4-18,20-21H,1-3H3. The second-order valence-corrected chi connectivity index (χ2v) is 9.36. The van der Waals surface area contributed by atoms with Crippen LogP contribution in [-0.2, 0) is 9.59 Å². The van der Waals surface area contributed by atoms with Gasteiger partial charge in [0.1, 0.15) is 17.4 Å². The Bertz CT molecular complexity index is 1640. The van der Waals surface area contributed by atoms with Crippen LogP contribution < -0.4 is 4.74 Å². The highest BCUT2D eigenvalue weighted by atomic mass is 16.5. The molecule has 39 heavy (non-hydrogen) atoms. The smallest absolute Gasteiger partial charge is 0.271 e. The summed E-state index contributed by atoms with van der Waals surface area (Å²) in [5, 5.41) is 14.8. The molecule has 0 bridgehead atoms. The Labute approximate surface area is 226 Å². The highest BCUT2D eigenvalue weighted by Gasteiger charge is 2.36. The summed E-state index contributed by atoms with van der Waals surface area (Å²) in [6.07, 6.45) is 3.60. The molecular formula is C32H26N4O3. The van der Waals surface area contributed by atoms with Crippen molar-refractivity contribution in [1.29, 1.82) is 5.26 Å². The van der Waals surface area contributed by atoms with Crippen LogP contribution in [0.4, 0.5) is 0 Å². The SMILES string of the molecule is CC(C)Oc1ccc(-c2nn(-c3ccccc3)cc2C=C2C(=O)N(C)C(=O)C(C#N)=C2c2ccccc2)cc1. The molecule has 0 atom stereocenters. The van der Waals surface area contributed by atoms with Gasteiger partial charge in [-0.2, -0.15) is 10.4 Å². The predicted octanol–water partition coefficient (Wildman–Crippen LogP) is 5.69. The number of aromatic nitrogens is 2. The minimum Gasteiger partial charge on any atom is -0.491 e. The van der Waals surface area contributed by atoms with E-state index in [-0.39, 0.29) is 17.3 Å². The van der Waals surface area contributed by atoms with Crippen LogP contribution in [0, 0.1) is 11.3 Å². The van der Waals surface area contributed by atoms with Crippen molar-refractivity contribution in [1.82, 2.24) is 14.7 Å². The van der Waals surface area contributed by atoms with Crippen LogP contribution in [0.1, 0.15) is 25.0 Å². The summed E-state index contributed by atoms with van der Waals surface area (Å²) in [4.78, 5) is 27.4. The lowest BCUT2D eigenvalue weighted by Gasteiger charge is -2.25. The van der Waals surface area contributed by atoms with E-state index >= 15 is 0 Å². The van der Waals surface area contributed by atoms with Gasteiger partial charge in [-0.05, 0) is 61.9 Å². The lowest BCUT2D eigenvalue weighted by molar-refractivity contribution is -0.138. The summed E-state index contributed by atoms with van der Waals surface area (Å²) in [5.74, 6) is -0.372. The molecule has 0 spiro atoms. The zero-order valence-electron chi connectivity index (χ0n) is 21.8. The van der Waals surface area contributed by atoms with Crippen molar-refractivity contribution in [2.24, 2.45) is 0 Å². The first-order valence-corrected chi connectivity index (χ1v) is 12.5. The number of likely N-dealkylation sites (N-methyl/N-ethyl adjacent to an activating group) is 1. The van der Waals surface area contributed by atoms with Gasteiger partial charge in [-0.1, -0.05) is 48.5 Å². The molecule has 3 aromatic carbocycles. The summed E-state index contributed by atoms with van der Waals surface area (Å²) >= 11 is 0. The van der Waals surface area contributed by atoms with Crippen molar-refractivity contribution in [3.63, 3.8) is 0 Å². The van der Waals surface area contributed by atoms with Gasteiger partial charge in [0, 0.05) is 29.9 Å². The molecule has 0 saturated heterocycles. The van der Waals surface area contributed by atoms with E-state index in [1.54, 1.807) is 22.9 Å². The van der Waals surface area contributed by atoms with E-state index in [0.29, 0.717) is 22.4 Å². The normalized spacial score (nSPS) is 14.7. The number of nitriles is 1. The van der Waals surface area contributed by atoms with Crippen molar-refractivity contribution in [3.05, 3.63) is 113 Å². The molecule has 5 rings (SSSR count). The first-order chi connectivity index (χ1) is 18.9. The molecule has 1 aliphatic rings. The quantitative estimate of drug-likeness (QED) is 0.244. The third-order valence-corrected chi connectivity index (χ3v) is 6.31. The highest BCUT2D eigenvalue weighted by molar-refractivity contribution is 6.28. The summed E-state index contributed by atoms with van der Waals surface area (Å²) in [7, 11) is 1.39. The number of amides is 2. The van der Waals surface area contributed by atoms with E-state index < -0.39 is 11.8 Å². The molecule has 2 amide bonds.